The van der Waals surface area contributed by atoms with Gasteiger partial charge in [0.1, 0.15) is 0 Å². The van der Waals surface area contributed by atoms with Gasteiger partial charge in [-0.1, -0.05) is 19.0 Å². The molecule has 86 valence electrons. The van der Waals surface area contributed by atoms with Crippen LogP contribution in [0.3, 0.4) is 0 Å². The summed E-state index contributed by atoms with van der Waals surface area (Å²) in [6, 6.07) is 1.61. The summed E-state index contributed by atoms with van der Waals surface area (Å²) in [5.74, 6) is 1.21. The first-order chi connectivity index (χ1) is 7.58. The van der Waals surface area contributed by atoms with Crippen molar-refractivity contribution in [2.45, 2.75) is 19.9 Å². The summed E-state index contributed by atoms with van der Waals surface area (Å²) in [6.07, 6.45) is 1.82. The summed E-state index contributed by atoms with van der Waals surface area (Å²) in [7, 11) is 1.83. The van der Waals surface area contributed by atoms with Crippen LogP contribution in [0.25, 0.3) is 11.6 Å². The minimum absolute atomic E-state index is 0.207. The van der Waals surface area contributed by atoms with Crippen LogP contribution in [0.5, 0.6) is 0 Å². The maximum absolute atomic E-state index is 5.92. The largest absolute Gasteiger partial charge is 0.332 e. The van der Waals surface area contributed by atoms with E-state index >= 15 is 0 Å². The third-order valence-electron chi connectivity index (χ3n) is 2.39. The van der Waals surface area contributed by atoms with Crippen molar-refractivity contribution < 1.29 is 4.52 Å². The second kappa shape index (κ2) is 4.05. The molecule has 2 aromatic heterocycles. The zero-order valence-corrected chi connectivity index (χ0v) is 9.58. The van der Waals surface area contributed by atoms with E-state index in [0.717, 1.165) is 0 Å². The van der Waals surface area contributed by atoms with Crippen LogP contribution in [0.2, 0.25) is 0 Å². The van der Waals surface area contributed by atoms with E-state index in [1.807, 2.05) is 33.2 Å². The summed E-state index contributed by atoms with van der Waals surface area (Å²) in [4.78, 5) is 4.24. The van der Waals surface area contributed by atoms with Gasteiger partial charge < -0.3 is 10.3 Å². The monoisotopic (exact) mass is 221 g/mol. The molecule has 0 fully saturated rings. The standard InChI is InChI=1S/C10H15N5O/c1-6(2)8(11)9-12-10(16-14-9)7-4-5-15(3)13-7/h4-6,8H,11H2,1-3H3. The third-order valence-corrected chi connectivity index (χ3v) is 2.39. The lowest BCUT2D eigenvalue weighted by molar-refractivity contribution is 0.399. The van der Waals surface area contributed by atoms with Crippen molar-refractivity contribution in [3.63, 3.8) is 0 Å². The van der Waals surface area contributed by atoms with E-state index in [1.54, 1.807) is 4.68 Å². The highest BCUT2D eigenvalue weighted by molar-refractivity contribution is 5.44. The summed E-state index contributed by atoms with van der Waals surface area (Å²) < 4.78 is 6.80. The van der Waals surface area contributed by atoms with Crippen LogP contribution in [0.1, 0.15) is 25.7 Å². The first-order valence-corrected chi connectivity index (χ1v) is 5.17. The number of nitrogens with two attached hydrogens (primary N) is 1. The molecule has 2 heterocycles. The Hall–Kier alpha value is -1.69. The molecule has 6 heteroatoms. The second-order valence-corrected chi connectivity index (χ2v) is 4.10. The first-order valence-electron chi connectivity index (χ1n) is 5.17. The summed E-state index contributed by atoms with van der Waals surface area (Å²) >= 11 is 0. The Morgan fingerprint density at radius 2 is 2.19 bits per heavy atom. The van der Waals surface area contributed by atoms with Crippen molar-refractivity contribution in [2.24, 2.45) is 18.7 Å². The number of rotatable bonds is 3. The van der Waals surface area contributed by atoms with Crippen molar-refractivity contribution in [1.82, 2.24) is 19.9 Å². The molecular weight excluding hydrogens is 206 g/mol. The van der Waals surface area contributed by atoms with Gasteiger partial charge >= 0.3 is 0 Å². The SMILES string of the molecule is CC(C)C(N)c1noc(-c2ccn(C)n2)n1. The van der Waals surface area contributed by atoms with Gasteiger partial charge in [0.25, 0.3) is 5.89 Å². The first kappa shape index (κ1) is 10.8. The number of aromatic nitrogens is 4. The van der Waals surface area contributed by atoms with Crippen molar-refractivity contribution in [3.8, 4) is 11.6 Å². The Balaban J connectivity index is 2.26. The summed E-state index contributed by atoms with van der Waals surface area (Å²) in [6.45, 7) is 4.03. The van der Waals surface area contributed by atoms with Gasteiger partial charge in [0.05, 0.1) is 6.04 Å². The molecule has 0 aliphatic rings. The lowest BCUT2D eigenvalue weighted by Gasteiger charge is -2.09. The number of hydrogen-bond acceptors (Lipinski definition) is 5. The molecule has 0 bridgehead atoms. The smallest absolute Gasteiger partial charge is 0.278 e. The molecule has 0 spiro atoms. The van der Waals surface area contributed by atoms with Crippen molar-refractivity contribution in [1.29, 1.82) is 0 Å². The summed E-state index contributed by atoms with van der Waals surface area (Å²) in [5.41, 5.74) is 6.59. The zero-order chi connectivity index (χ0) is 11.7. The highest BCUT2D eigenvalue weighted by Gasteiger charge is 2.18. The number of aryl methyl sites for hydroxylation is 1. The molecule has 0 saturated carbocycles. The van der Waals surface area contributed by atoms with Gasteiger partial charge in [0.15, 0.2) is 11.5 Å². The van der Waals surface area contributed by atoms with Crippen molar-refractivity contribution in [3.05, 3.63) is 18.1 Å². The van der Waals surface area contributed by atoms with E-state index in [4.69, 9.17) is 10.3 Å². The third kappa shape index (κ3) is 1.96. The molecule has 1 unspecified atom stereocenters. The van der Waals surface area contributed by atoms with Crippen LogP contribution >= 0.6 is 0 Å². The molecule has 2 N–H and O–H groups in total. The lowest BCUT2D eigenvalue weighted by atomic mass is 10.1. The van der Waals surface area contributed by atoms with E-state index < -0.39 is 0 Å². The van der Waals surface area contributed by atoms with Crippen LogP contribution in [-0.4, -0.2) is 19.9 Å². The Labute approximate surface area is 93.4 Å². The fourth-order valence-electron chi connectivity index (χ4n) is 1.30. The molecule has 2 rings (SSSR count). The minimum Gasteiger partial charge on any atom is -0.332 e. The molecule has 0 aliphatic heterocycles. The molecule has 6 nitrogen and oxygen atoms in total. The second-order valence-electron chi connectivity index (χ2n) is 4.10. The van der Waals surface area contributed by atoms with E-state index in [0.29, 0.717) is 17.4 Å². The molecule has 1 atom stereocenters. The van der Waals surface area contributed by atoms with E-state index in [-0.39, 0.29) is 12.0 Å². The Morgan fingerprint density at radius 1 is 1.44 bits per heavy atom. The Morgan fingerprint density at radius 3 is 2.75 bits per heavy atom. The molecule has 0 saturated heterocycles. The molecule has 0 aliphatic carbocycles. The van der Waals surface area contributed by atoms with E-state index in [1.165, 1.54) is 0 Å². The zero-order valence-electron chi connectivity index (χ0n) is 9.58. The number of nitrogens with zero attached hydrogens (tertiary/aromatic N) is 4. The lowest BCUT2D eigenvalue weighted by Crippen LogP contribution is -2.18. The normalized spacial score (nSPS) is 13.3. The maximum atomic E-state index is 5.92. The van der Waals surface area contributed by atoms with Crippen LogP contribution in [0.15, 0.2) is 16.8 Å². The molecule has 16 heavy (non-hydrogen) atoms. The highest BCUT2D eigenvalue weighted by atomic mass is 16.5. The number of hydrogen-bond donors (Lipinski definition) is 1. The average molecular weight is 221 g/mol. The molecule has 0 radical (unpaired) electrons. The van der Waals surface area contributed by atoms with Crippen LogP contribution in [-0.2, 0) is 7.05 Å². The van der Waals surface area contributed by atoms with Gasteiger partial charge in [-0.2, -0.15) is 10.1 Å². The maximum Gasteiger partial charge on any atom is 0.278 e. The van der Waals surface area contributed by atoms with Gasteiger partial charge in [-0.3, -0.25) is 4.68 Å². The minimum atomic E-state index is -0.207. The predicted octanol–water partition coefficient (Wildman–Crippen LogP) is 1.13. The fraction of sp³-hybridized carbons (Fsp3) is 0.500. The van der Waals surface area contributed by atoms with Gasteiger partial charge in [-0.15, -0.1) is 0 Å². The Bertz CT molecular complexity index is 473. The molecule has 0 amide bonds. The molecule has 0 aromatic carbocycles. The van der Waals surface area contributed by atoms with Crippen LogP contribution in [0.4, 0.5) is 0 Å². The summed E-state index contributed by atoms with van der Waals surface area (Å²) in [5, 5.41) is 8.04. The van der Waals surface area contributed by atoms with E-state index in [2.05, 4.69) is 15.2 Å². The average Bonchev–Trinajstić information content (AvgIpc) is 2.84. The van der Waals surface area contributed by atoms with Crippen molar-refractivity contribution >= 4 is 0 Å². The van der Waals surface area contributed by atoms with Gasteiger partial charge in [0, 0.05) is 13.2 Å². The fourth-order valence-corrected chi connectivity index (χ4v) is 1.30. The quantitative estimate of drug-likeness (QED) is 0.839. The predicted molar refractivity (Wildman–Crippen MR) is 58.3 cm³/mol. The highest BCUT2D eigenvalue weighted by Crippen LogP contribution is 2.19. The van der Waals surface area contributed by atoms with Gasteiger partial charge in [0.2, 0.25) is 0 Å². The van der Waals surface area contributed by atoms with Gasteiger partial charge in [-0.25, -0.2) is 0 Å². The van der Waals surface area contributed by atoms with Gasteiger partial charge in [-0.05, 0) is 12.0 Å². The topological polar surface area (TPSA) is 82.8 Å². The van der Waals surface area contributed by atoms with E-state index in [9.17, 15) is 0 Å². The Kier molecular flexibility index (Phi) is 2.74. The molecular formula is C10H15N5O. The van der Waals surface area contributed by atoms with Crippen LogP contribution < -0.4 is 5.73 Å². The van der Waals surface area contributed by atoms with Crippen LogP contribution in [0, 0.1) is 5.92 Å². The molecule has 2 aromatic rings. The van der Waals surface area contributed by atoms with Crippen molar-refractivity contribution in [2.75, 3.05) is 0 Å².